The summed E-state index contributed by atoms with van der Waals surface area (Å²) in [6.07, 6.45) is 12.1. The molecule has 0 bridgehead atoms. The zero-order chi connectivity index (χ0) is 11.3. The molecule has 1 atom stereocenters. The first kappa shape index (κ1) is 12.8. The zero-order valence-corrected chi connectivity index (χ0v) is 11.1. The number of hydrogen-bond acceptors (Lipinski definition) is 0. The van der Waals surface area contributed by atoms with Crippen molar-refractivity contribution in [3.63, 3.8) is 0 Å². The molecule has 0 saturated heterocycles. The summed E-state index contributed by atoms with van der Waals surface area (Å²) in [5.41, 5.74) is 2.13. The zero-order valence-electron chi connectivity index (χ0n) is 11.1. The standard InChI is InChI=1S/C15H28/c1-13-7-5-8-14(2)10-12-15(3,4)11-6-9-13/h10,13H,5-9,11-12H2,1-4H3/b14-10+/t13-/m0/s1. The van der Waals surface area contributed by atoms with Crippen LogP contribution in [0.3, 0.4) is 0 Å². The van der Waals surface area contributed by atoms with E-state index in [2.05, 4.69) is 33.8 Å². The van der Waals surface area contributed by atoms with Crippen LogP contribution in [-0.4, -0.2) is 0 Å². The maximum atomic E-state index is 2.48. The lowest BCUT2D eigenvalue weighted by Gasteiger charge is -2.23. The lowest BCUT2D eigenvalue weighted by atomic mass is 9.82. The third kappa shape index (κ3) is 5.39. The number of allylic oxidation sites excluding steroid dienone is 2. The first-order valence-corrected chi connectivity index (χ1v) is 6.65. The first-order chi connectivity index (χ1) is 6.99. The van der Waals surface area contributed by atoms with Gasteiger partial charge in [0.2, 0.25) is 0 Å². The highest BCUT2D eigenvalue weighted by Crippen LogP contribution is 2.31. The first-order valence-electron chi connectivity index (χ1n) is 6.65. The summed E-state index contributed by atoms with van der Waals surface area (Å²) in [6.45, 7) is 9.56. The maximum Gasteiger partial charge on any atom is -0.0296 e. The van der Waals surface area contributed by atoms with Crippen molar-refractivity contribution in [3.8, 4) is 0 Å². The molecule has 0 saturated carbocycles. The quantitative estimate of drug-likeness (QED) is 0.471. The normalized spacial score (nSPS) is 32.5. The van der Waals surface area contributed by atoms with Crippen molar-refractivity contribution >= 4 is 0 Å². The van der Waals surface area contributed by atoms with E-state index in [0.717, 1.165) is 5.92 Å². The van der Waals surface area contributed by atoms with E-state index in [4.69, 9.17) is 0 Å². The second kappa shape index (κ2) is 5.72. The summed E-state index contributed by atoms with van der Waals surface area (Å²) in [5.74, 6) is 0.937. The monoisotopic (exact) mass is 208 g/mol. The molecule has 0 nitrogen and oxygen atoms in total. The molecule has 1 rings (SSSR count). The Labute approximate surface area is 96.2 Å². The predicted octanol–water partition coefficient (Wildman–Crippen LogP) is 5.34. The molecule has 0 amide bonds. The van der Waals surface area contributed by atoms with E-state index in [1.807, 2.05) is 0 Å². The van der Waals surface area contributed by atoms with Crippen LogP contribution < -0.4 is 0 Å². The van der Waals surface area contributed by atoms with E-state index in [0.29, 0.717) is 5.41 Å². The number of hydrogen-bond donors (Lipinski definition) is 0. The van der Waals surface area contributed by atoms with Crippen LogP contribution in [0, 0.1) is 11.3 Å². The van der Waals surface area contributed by atoms with Crippen molar-refractivity contribution in [1.29, 1.82) is 0 Å². The topological polar surface area (TPSA) is 0 Å². The van der Waals surface area contributed by atoms with Gasteiger partial charge in [0, 0.05) is 0 Å². The highest BCUT2D eigenvalue weighted by molar-refractivity contribution is 5.00. The molecule has 0 N–H and O–H groups in total. The van der Waals surface area contributed by atoms with Gasteiger partial charge in [0.1, 0.15) is 0 Å². The Bertz CT molecular complexity index is 210. The van der Waals surface area contributed by atoms with Crippen LogP contribution in [0.5, 0.6) is 0 Å². The Balaban J connectivity index is 2.56. The fourth-order valence-corrected chi connectivity index (χ4v) is 2.46. The molecular weight excluding hydrogens is 180 g/mol. The van der Waals surface area contributed by atoms with Gasteiger partial charge in [-0.3, -0.25) is 0 Å². The van der Waals surface area contributed by atoms with Crippen LogP contribution in [0.2, 0.25) is 0 Å². The van der Waals surface area contributed by atoms with Gasteiger partial charge in [-0.1, -0.05) is 51.7 Å². The van der Waals surface area contributed by atoms with Crippen LogP contribution in [0.15, 0.2) is 11.6 Å². The van der Waals surface area contributed by atoms with Crippen LogP contribution in [0.1, 0.15) is 72.6 Å². The molecule has 1 aliphatic rings. The van der Waals surface area contributed by atoms with Crippen LogP contribution in [0.25, 0.3) is 0 Å². The molecule has 0 fully saturated rings. The minimum Gasteiger partial charge on any atom is -0.0851 e. The van der Waals surface area contributed by atoms with Crippen molar-refractivity contribution in [2.24, 2.45) is 11.3 Å². The van der Waals surface area contributed by atoms with Crippen LogP contribution in [-0.2, 0) is 0 Å². The molecule has 15 heavy (non-hydrogen) atoms. The Morgan fingerprint density at radius 2 is 1.87 bits per heavy atom. The smallest absolute Gasteiger partial charge is 0.0296 e. The predicted molar refractivity (Wildman–Crippen MR) is 69.0 cm³/mol. The van der Waals surface area contributed by atoms with Gasteiger partial charge >= 0.3 is 0 Å². The minimum atomic E-state index is 0.519. The van der Waals surface area contributed by atoms with Crippen molar-refractivity contribution in [1.82, 2.24) is 0 Å². The Morgan fingerprint density at radius 3 is 2.60 bits per heavy atom. The van der Waals surface area contributed by atoms with Crippen LogP contribution in [0.4, 0.5) is 0 Å². The highest BCUT2D eigenvalue weighted by atomic mass is 14.2. The average Bonchev–Trinajstić information content (AvgIpc) is 2.15. The van der Waals surface area contributed by atoms with Gasteiger partial charge in [-0.25, -0.2) is 0 Å². The lowest BCUT2D eigenvalue weighted by molar-refractivity contribution is 0.311. The number of rotatable bonds is 0. The van der Waals surface area contributed by atoms with E-state index in [1.165, 1.54) is 44.9 Å². The van der Waals surface area contributed by atoms with Crippen molar-refractivity contribution in [2.45, 2.75) is 72.6 Å². The second-order valence-electron chi connectivity index (χ2n) is 6.31. The molecule has 0 heterocycles. The summed E-state index contributed by atoms with van der Waals surface area (Å²) < 4.78 is 0. The maximum absolute atomic E-state index is 2.48. The largest absolute Gasteiger partial charge is 0.0851 e. The summed E-state index contributed by atoms with van der Waals surface area (Å²) in [6, 6.07) is 0. The Hall–Kier alpha value is -0.260. The molecule has 1 aliphatic carbocycles. The second-order valence-corrected chi connectivity index (χ2v) is 6.31. The molecule has 0 aliphatic heterocycles. The summed E-state index contributed by atoms with van der Waals surface area (Å²) in [7, 11) is 0. The van der Waals surface area contributed by atoms with E-state index >= 15 is 0 Å². The molecule has 88 valence electrons. The van der Waals surface area contributed by atoms with Gasteiger partial charge in [0.15, 0.2) is 0 Å². The van der Waals surface area contributed by atoms with E-state index in [9.17, 15) is 0 Å². The van der Waals surface area contributed by atoms with Gasteiger partial charge in [0.25, 0.3) is 0 Å². The fourth-order valence-electron chi connectivity index (χ4n) is 2.46. The van der Waals surface area contributed by atoms with Crippen molar-refractivity contribution in [2.75, 3.05) is 0 Å². The molecule has 0 heteroatoms. The molecule has 0 radical (unpaired) electrons. The van der Waals surface area contributed by atoms with Gasteiger partial charge < -0.3 is 0 Å². The Morgan fingerprint density at radius 1 is 1.20 bits per heavy atom. The molecule has 0 aromatic rings. The van der Waals surface area contributed by atoms with Crippen molar-refractivity contribution in [3.05, 3.63) is 11.6 Å². The van der Waals surface area contributed by atoms with Gasteiger partial charge in [-0.2, -0.15) is 0 Å². The van der Waals surface area contributed by atoms with Crippen molar-refractivity contribution < 1.29 is 0 Å². The van der Waals surface area contributed by atoms with E-state index in [-0.39, 0.29) is 0 Å². The van der Waals surface area contributed by atoms with Gasteiger partial charge in [-0.05, 0) is 43.9 Å². The summed E-state index contributed by atoms with van der Waals surface area (Å²) >= 11 is 0. The highest BCUT2D eigenvalue weighted by Gasteiger charge is 2.17. The average molecular weight is 208 g/mol. The SMILES string of the molecule is C/C1=C\CC(C)(C)CCC[C@@H](C)CCC1. The summed E-state index contributed by atoms with van der Waals surface area (Å²) in [4.78, 5) is 0. The van der Waals surface area contributed by atoms with Crippen LogP contribution >= 0.6 is 0 Å². The van der Waals surface area contributed by atoms with E-state index < -0.39 is 0 Å². The van der Waals surface area contributed by atoms with E-state index in [1.54, 1.807) is 5.57 Å². The summed E-state index contributed by atoms with van der Waals surface area (Å²) in [5, 5.41) is 0. The minimum absolute atomic E-state index is 0.519. The molecule has 0 aromatic carbocycles. The molecule has 0 spiro atoms. The van der Waals surface area contributed by atoms with Gasteiger partial charge in [0.05, 0.1) is 0 Å². The lowest BCUT2D eigenvalue weighted by Crippen LogP contribution is -2.10. The third-order valence-corrected chi connectivity index (χ3v) is 3.82. The molecule has 0 unspecified atom stereocenters. The fraction of sp³-hybridized carbons (Fsp3) is 0.867. The van der Waals surface area contributed by atoms with Gasteiger partial charge in [-0.15, -0.1) is 0 Å². The Kier molecular flexibility index (Phi) is 4.89. The molecular formula is C15H28. The third-order valence-electron chi connectivity index (χ3n) is 3.82. The molecule has 0 aromatic heterocycles.